The van der Waals surface area contributed by atoms with Crippen LogP contribution in [-0.2, 0) is 19.6 Å². The van der Waals surface area contributed by atoms with Crippen LogP contribution >= 0.6 is 11.3 Å². The van der Waals surface area contributed by atoms with E-state index in [1.165, 1.54) is 15.3 Å². The molecule has 2 saturated heterocycles. The molecule has 0 aliphatic carbocycles. The number of anilines is 1. The van der Waals surface area contributed by atoms with Gasteiger partial charge in [0, 0.05) is 38.8 Å². The summed E-state index contributed by atoms with van der Waals surface area (Å²) in [6.07, 6.45) is 1.52. The van der Waals surface area contributed by atoms with Crippen LogP contribution in [0.25, 0.3) is 10.2 Å². The van der Waals surface area contributed by atoms with Crippen molar-refractivity contribution in [1.82, 2.24) is 14.2 Å². The van der Waals surface area contributed by atoms with Gasteiger partial charge < -0.3 is 4.74 Å². The van der Waals surface area contributed by atoms with Crippen molar-refractivity contribution in [1.29, 1.82) is 0 Å². The lowest BCUT2D eigenvalue weighted by atomic mass is 10.2. The minimum atomic E-state index is -3.90. The fourth-order valence-corrected chi connectivity index (χ4v) is 7.63. The molecule has 1 unspecified atom stereocenters. The van der Waals surface area contributed by atoms with Crippen LogP contribution in [0, 0.1) is 18.6 Å². The Morgan fingerprint density at radius 3 is 2.63 bits per heavy atom. The van der Waals surface area contributed by atoms with Gasteiger partial charge in [0.25, 0.3) is 0 Å². The summed E-state index contributed by atoms with van der Waals surface area (Å²) < 4.78 is 62.3. The molecule has 0 bridgehead atoms. The summed E-state index contributed by atoms with van der Waals surface area (Å²) in [7, 11) is -3.90. The number of fused-ring (bicyclic) bond motifs is 1. The number of ether oxygens (including phenoxy) is 1. The summed E-state index contributed by atoms with van der Waals surface area (Å²) in [5.41, 5.74) is 0.928. The molecule has 1 aromatic heterocycles. The fraction of sp³-hybridized carbons (Fsp3) is 0.462. The number of morpholine rings is 1. The maximum Gasteiger partial charge on any atom is 0.247 e. The van der Waals surface area contributed by atoms with E-state index < -0.39 is 33.6 Å². The van der Waals surface area contributed by atoms with E-state index in [1.807, 2.05) is 6.92 Å². The van der Waals surface area contributed by atoms with Crippen molar-refractivity contribution >= 4 is 42.6 Å². The van der Waals surface area contributed by atoms with Crippen molar-refractivity contribution in [2.45, 2.75) is 37.1 Å². The first kappa shape index (κ1) is 27.1. The van der Waals surface area contributed by atoms with Gasteiger partial charge in [-0.15, -0.1) is 0 Å². The summed E-state index contributed by atoms with van der Waals surface area (Å²) >= 11 is 1.03. The number of hydrogen-bond donors (Lipinski definition) is 0. The molecule has 0 N–H and O–H groups in total. The van der Waals surface area contributed by atoms with Crippen molar-refractivity contribution in [2.24, 2.45) is 0 Å². The van der Waals surface area contributed by atoms with Crippen molar-refractivity contribution in [3.05, 3.63) is 53.6 Å². The van der Waals surface area contributed by atoms with E-state index in [9.17, 15) is 22.0 Å². The number of amides is 1. The second kappa shape index (κ2) is 11.3. The van der Waals surface area contributed by atoms with Gasteiger partial charge in [0.05, 0.1) is 22.8 Å². The average molecular weight is 565 g/mol. The van der Waals surface area contributed by atoms with Gasteiger partial charge in [-0.25, -0.2) is 22.2 Å². The predicted molar refractivity (Wildman–Crippen MR) is 142 cm³/mol. The Morgan fingerprint density at radius 1 is 1.16 bits per heavy atom. The summed E-state index contributed by atoms with van der Waals surface area (Å²) in [6, 6.07) is 7.62. The lowest BCUT2D eigenvalue weighted by Gasteiger charge is -2.30. The summed E-state index contributed by atoms with van der Waals surface area (Å²) in [4.78, 5) is 22.2. The third-order valence-corrected chi connectivity index (χ3v) is 9.92. The number of sulfonamides is 1. The van der Waals surface area contributed by atoms with Gasteiger partial charge in [-0.3, -0.25) is 14.6 Å². The average Bonchev–Trinajstić information content (AvgIpc) is 3.55. The number of thiazole rings is 1. The maximum absolute atomic E-state index is 14.4. The smallest absolute Gasteiger partial charge is 0.247 e. The molecule has 12 heteroatoms. The molecular formula is C26H30F2N4O4S2. The van der Waals surface area contributed by atoms with Crippen LogP contribution in [0.15, 0.2) is 41.3 Å². The molecule has 1 amide bonds. The zero-order valence-corrected chi connectivity index (χ0v) is 22.7. The first-order chi connectivity index (χ1) is 18.2. The third-order valence-electron chi connectivity index (χ3n) is 6.97. The second-order valence-corrected chi connectivity index (χ2v) is 12.5. The van der Waals surface area contributed by atoms with Crippen molar-refractivity contribution in [3.8, 4) is 0 Å². The van der Waals surface area contributed by atoms with Crippen LogP contribution < -0.4 is 4.90 Å². The van der Waals surface area contributed by atoms with E-state index in [2.05, 4.69) is 9.88 Å². The molecule has 204 valence electrons. The number of rotatable bonds is 8. The van der Waals surface area contributed by atoms with Gasteiger partial charge in [0.15, 0.2) is 10.9 Å². The van der Waals surface area contributed by atoms with E-state index >= 15 is 0 Å². The number of nitrogens with zero attached hydrogens (tertiary/aromatic N) is 4. The van der Waals surface area contributed by atoms with Crippen molar-refractivity contribution in [2.75, 3.05) is 50.8 Å². The number of halogens is 2. The standard InChI is InChI=1S/C26H30F2N4O4S2/c1-18-5-7-20(8-6-18)38(34,35)32-11-2-4-22(32)25(33)31(10-3-9-30-12-14-36-15-13-30)26-29-24-21(28)16-19(27)17-23(24)37-26/h5-8,16-17,22H,2-4,9-15H2,1H3. The summed E-state index contributed by atoms with van der Waals surface area (Å²) in [5, 5.41) is 0.232. The predicted octanol–water partition coefficient (Wildman–Crippen LogP) is 3.79. The molecule has 0 radical (unpaired) electrons. The summed E-state index contributed by atoms with van der Waals surface area (Å²) in [6.45, 7) is 5.99. The molecule has 8 nitrogen and oxygen atoms in total. The number of benzene rings is 2. The molecule has 5 rings (SSSR count). The van der Waals surface area contributed by atoms with Crippen LogP contribution in [0.4, 0.5) is 13.9 Å². The second-order valence-electron chi connectivity index (χ2n) is 9.62. The largest absolute Gasteiger partial charge is 0.379 e. The van der Waals surface area contributed by atoms with Gasteiger partial charge in [-0.1, -0.05) is 29.0 Å². The summed E-state index contributed by atoms with van der Waals surface area (Å²) in [5.74, 6) is -1.92. The zero-order valence-electron chi connectivity index (χ0n) is 21.1. The highest BCUT2D eigenvalue weighted by Gasteiger charge is 2.42. The Bertz CT molecular complexity index is 1410. The number of aryl methyl sites for hydroxylation is 1. The number of carbonyl (C=O) groups excluding carboxylic acids is 1. The van der Waals surface area contributed by atoms with E-state index in [1.54, 1.807) is 24.3 Å². The first-order valence-corrected chi connectivity index (χ1v) is 15.0. The molecule has 2 aliphatic heterocycles. The van der Waals surface area contributed by atoms with Crippen LogP contribution in [0.3, 0.4) is 0 Å². The number of aromatic nitrogens is 1. The van der Waals surface area contributed by atoms with Gasteiger partial charge >= 0.3 is 0 Å². The molecule has 2 aliphatic rings. The minimum absolute atomic E-state index is 0.00654. The Kier molecular flexibility index (Phi) is 8.06. The molecule has 3 heterocycles. The number of carbonyl (C=O) groups is 1. The molecule has 0 spiro atoms. The fourth-order valence-electron chi connectivity index (χ4n) is 4.94. The van der Waals surface area contributed by atoms with Crippen LogP contribution in [0.5, 0.6) is 0 Å². The highest BCUT2D eigenvalue weighted by molar-refractivity contribution is 7.89. The van der Waals surface area contributed by atoms with Gasteiger partial charge in [0.1, 0.15) is 17.4 Å². The van der Waals surface area contributed by atoms with Gasteiger partial charge in [0.2, 0.25) is 15.9 Å². The topological polar surface area (TPSA) is 83.1 Å². The minimum Gasteiger partial charge on any atom is -0.379 e. The van der Waals surface area contributed by atoms with Crippen molar-refractivity contribution in [3.63, 3.8) is 0 Å². The Balaban J connectivity index is 1.43. The molecular weight excluding hydrogens is 534 g/mol. The molecule has 2 aromatic carbocycles. The molecule has 2 fully saturated rings. The van der Waals surface area contributed by atoms with E-state index in [-0.39, 0.29) is 28.6 Å². The first-order valence-electron chi connectivity index (χ1n) is 12.7. The Hall–Kier alpha value is -2.51. The van der Waals surface area contributed by atoms with E-state index in [0.29, 0.717) is 37.2 Å². The number of hydrogen-bond acceptors (Lipinski definition) is 7. The quantitative estimate of drug-likeness (QED) is 0.414. The van der Waals surface area contributed by atoms with Gasteiger partial charge in [-0.05, 0) is 44.4 Å². The zero-order chi connectivity index (χ0) is 26.9. The van der Waals surface area contributed by atoms with Gasteiger partial charge in [-0.2, -0.15) is 4.31 Å². The monoisotopic (exact) mass is 564 g/mol. The highest BCUT2D eigenvalue weighted by atomic mass is 32.2. The molecule has 3 aromatic rings. The van der Waals surface area contributed by atoms with Crippen LogP contribution in [0.2, 0.25) is 0 Å². The SMILES string of the molecule is Cc1ccc(S(=O)(=O)N2CCCC2C(=O)N(CCCN2CCOCC2)c2nc3c(F)cc(F)cc3s2)cc1. The van der Waals surface area contributed by atoms with Crippen molar-refractivity contribution < 1.29 is 26.7 Å². The van der Waals surface area contributed by atoms with Crippen LogP contribution in [-0.4, -0.2) is 80.5 Å². The normalized spacial score (nSPS) is 19.3. The third kappa shape index (κ3) is 5.59. The maximum atomic E-state index is 14.4. The van der Waals surface area contributed by atoms with E-state index in [4.69, 9.17) is 4.74 Å². The molecule has 0 saturated carbocycles. The molecule has 38 heavy (non-hydrogen) atoms. The Morgan fingerprint density at radius 2 is 1.89 bits per heavy atom. The van der Waals surface area contributed by atoms with Crippen LogP contribution in [0.1, 0.15) is 24.8 Å². The van der Waals surface area contributed by atoms with E-state index in [0.717, 1.165) is 42.6 Å². The lowest BCUT2D eigenvalue weighted by molar-refractivity contribution is -0.121. The Labute approximate surface area is 224 Å². The molecule has 1 atom stereocenters. The highest BCUT2D eigenvalue weighted by Crippen LogP contribution is 2.34. The lowest BCUT2D eigenvalue weighted by Crippen LogP contribution is -2.48.